The van der Waals surface area contributed by atoms with Crippen LogP contribution in [0.5, 0.6) is 28.7 Å². The highest BCUT2D eigenvalue weighted by atomic mass is 32.2. The number of methoxy groups -OCH3 is 1. The molecule has 0 heterocycles. The largest absolute Gasteiger partial charge is 0.497 e. The lowest BCUT2D eigenvalue weighted by molar-refractivity contribution is 0.103. The predicted octanol–water partition coefficient (Wildman–Crippen LogP) is 5.31. The molecule has 0 aromatic heterocycles. The van der Waals surface area contributed by atoms with Crippen molar-refractivity contribution in [1.29, 1.82) is 0 Å². The molecular weight excluding hydrogens is 548 g/mol. The smallest absolute Gasteiger partial charge is 0.298 e. The molecule has 0 saturated carbocycles. The molecule has 0 spiro atoms. The summed E-state index contributed by atoms with van der Waals surface area (Å²) in [6, 6.07) is 20.2. The van der Waals surface area contributed by atoms with E-state index in [9.17, 15) is 30.7 Å². The molecule has 0 aliphatic rings. The van der Waals surface area contributed by atoms with Gasteiger partial charge >= 0.3 is 0 Å². The average Bonchev–Trinajstić information content (AvgIpc) is 2.89. The molecule has 4 rings (SSSR count). The number of rotatable bonds is 9. The Morgan fingerprint density at radius 1 is 0.615 bits per heavy atom. The van der Waals surface area contributed by atoms with Gasteiger partial charge in [-0.15, -0.1) is 0 Å². The van der Waals surface area contributed by atoms with Gasteiger partial charge in [0.05, 0.1) is 12.0 Å². The molecule has 0 aliphatic carbocycles. The highest BCUT2D eigenvalue weighted by Crippen LogP contribution is 2.32. The Labute approximate surface area is 224 Å². The molecule has 0 atom stereocenters. The Hall–Kier alpha value is -4.23. The maximum atomic E-state index is 13.0. The molecule has 0 fully saturated rings. The van der Waals surface area contributed by atoms with Gasteiger partial charge in [-0.1, -0.05) is 12.1 Å². The Balaban J connectivity index is 1.59. The molecule has 0 radical (unpaired) electrons. The lowest BCUT2D eigenvalue weighted by Gasteiger charge is -2.12. The first-order valence-electron chi connectivity index (χ1n) is 11.2. The van der Waals surface area contributed by atoms with E-state index in [0.717, 1.165) is 12.1 Å². The zero-order valence-corrected chi connectivity index (χ0v) is 22.2. The highest BCUT2D eigenvalue weighted by Gasteiger charge is 2.22. The minimum atomic E-state index is -4.83. The summed E-state index contributed by atoms with van der Waals surface area (Å²) in [4.78, 5) is 11.9. The second-order valence-corrected chi connectivity index (χ2v) is 11.1. The van der Waals surface area contributed by atoms with Gasteiger partial charge in [-0.2, -0.15) is 16.8 Å². The van der Waals surface area contributed by atoms with Gasteiger partial charge in [0.1, 0.15) is 33.6 Å². The number of ether oxygens (including phenoxy) is 3. The number of hydrogen-bond donors (Lipinski definition) is 2. The molecule has 202 valence electrons. The minimum Gasteiger partial charge on any atom is -0.497 e. The van der Waals surface area contributed by atoms with E-state index in [1.54, 1.807) is 43.5 Å². The molecule has 12 heteroatoms. The first kappa shape index (κ1) is 27.8. The van der Waals surface area contributed by atoms with Crippen molar-refractivity contribution in [2.45, 2.75) is 16.7 Å². The summed E-state index contributed by atoms with van der Waals surface area (Å²) >= 11 is 0. The van der Waals surface area contributed by atoms with Gasteiger partial charge in [-0.25, -0.2) is 0 Å². The summed E-state index contributed by atoms with van der Waals surface area (Å²) in [5.74, 6) is 0.950. The van der Waals surface area contributed by atoms with E-state index in [1.165, 1.54) is 43.3 Å². The van der Waals surface area contributed by atoms with Crippen LogP contribution in [-0.2, 0) is 20.2 Å². The summed E-state index contributed by atoms with van der Waals surface area (Å²) in [6.07, 6.45) is 0. The molecule has 10 nitrogen and oxygen atoms in total. The van der Waals surface area contributed by atoms with Gasteiger partial charge in [0, 0.05) is 11.1 Å². The fourth-order valence-electron chi connectivity index (χ4n) is 3.60. The van der Waals surface area contributed by atoms with Crippen molar-refractivity contribution in [2.24, 2.45) is 0 Å². The van der Waals surface area contributed by atoms with Crippen LogP contribution in [0.2, 0.25) is 0 Å². The van der Waals surface area contributed by atoms with Gasteiger partial charge in [-0.05, 0) is 85.3 Å². The summed E-state index contributed by atoms with van der Waals surface area (Å²) in [5, 5.41) is 0. The molecule has 0 unspecified atom stereocenters. The number of carbonyl (C=O) groups is 1. The third-order valence-corrected chi connectivity index (χ3v) is 7.43. The van der Waals surface area contributed by atoms with E-state index in [0.29, 0.717) is 17.2 Å². The number of ketones is 1. The molecule has 0 aliphatic heterocycles. The number of hydrogen-bond acceptors (Lipinski definition) is 8. The minimum absolute atomic E-state index is 0.115. The topological polar surface area (TPSA) is 154 Å². The van der Waals surface area contributed by atoms with Crippen LogP contribution in [0.25, 0.3) is 0 Å². The third-order valence-electron chi connectivity index (χ3n) is 5.56. The van der Waals surface area contributed by atoms with E-state index < -0.39 is 35.8 Å². The van der Waals surface area contributed by atoms with E-state index in [1.807, 2.05) is 0 Å². The Bertz CT molecular complexity index is 1740. The van der Waals surface area contributed by atoms with Gasteiger partial charge in [0.15, 0.2) is 5.78 Å². The molecule has 2 N–H and O–H groups in total. The zero-order valence-electron chi connectivity index (χ0n) is 20.6. The van der Waals surface area contributed by atoms with Crippen LogP contribution in [-0.4, -0.2) is 38.8 Å². The summed E-state index contributed by atoms with van der Waals surface area (Å²) in [5.41, 5.74) is -0.0594. The van der Waals surface area contributed by atoms with Crippen molar-refractivity contribution in [1.82, 2.24) is 0 Å². The average molecular weight is 571 g/mol. The van der Waals surface area contributed by atoms with Crippen molar-refractivity contribution in [2.75, 3.05) is 7.11 Å². The summed E-state index contributed by atoms with van der Waals surface area (Å²) < 4.78 is 83.1. The monoisotopic (exact) mass is 570 g/mol. The second kappa shape index (κ2) is 10.9. The van der Waals surface area contributed by atoms with Gasteiger partial charge in [0.2, 0.25) is 0 Å². The van der Waals surface area contributed by atoms with Crippen LogP contribution < -0.4 is 14.2 Å². The molecule has 0 amide bonds. The fraction of sp³-hybridized carbons (Fsp3) is 0.0741. The van der Waals surface area contributed by atoms with Crippen LogP contribution in [0.4, 0.5) is 0 Å². The van der Waals surface area contributed by atoms with Crippen LogP contribution in [0.15, 0.2) is 94.7 Å². The van der Waals surface area contributed by atoms with Crippen molar-refractivity contribution in [3.8, 4) is 28.7 Å². The second-order valence-electron chi connectivity index (χ2n) is 8.27. The predicted molar refractivity (Wildman–Crippen MR) is 140 cm³/mol. The summed E-state index contributed by atoms with van der Waals surface area (Å²) in [7, 11) is -7.87. The Morgan fingerprint density at radius 2 is 1.05 bits per heavy atom. The number of carbonyl (C=O) groups excluding carboxylic acids is 1. The molecule has 4 aromatic carbocycles. The lowest BCUT2D eigenvalue weighted by Crippen LogP contribution is -2.08. The standard InChI is InChI=1S/C27H22O10S2/c1-17-3-4-18(15-25(17)38(29,30)31)27(28)19-5-14-24(26(16-19)39(32,33)34)37-23-12-10-22(11-13-23)36-21-8-6-20(35-2)7-9-21/h3-16H,1-2H3,(H,29,30,31)(H,32,33,34). The molecule has 0 saturated heterocycles. The molecule has 39 heavy (non-hydrogen) atoms. The zero-order chi connectivity index (χ0) is 28.4. The third kappa shape index (κ3) is 6.62. The Morgan fingerprint density at radius 3 is 1.54 bits per heavy atom. The Kier molecular flexibility index (Phi) is 7.74. The number of aryl methyl sites for hydroxylation is 1. The first-order chi connectivity index (χ1) is 18.3. The van der Waals surface area contributed by atoms with Crippen LogP contribution >= 0.6 is 0 Å². The first-order valence-corrected chi connectivity index (χ1v) is 14.1. The summed E-state index contributed by atoms with van der Waals surface area (Å²) in [6.45, 7) is 1.44. The van der Waals surface area contributed by atoms with Crippen molar-refractivity contribution in [3.63, 3.8) is 0 Å². The lowest BCUT2D eigenvalue weighted by atomic mass is 10.0. The van der Waals surface area contributed by atoms with Gasteiger partial charge < -0.3 is 14.2 Å². The maximum absolute atomic E-state index is 13.0. The maximum Gasteiger partial charge on any atom is 0.298 e. The van der Waals surface area contributed by atoms with Gasteiger partial charge in [0.25, 0.3) is 20.2 Å². The van der Waals surface area contributed by atoms with E-state index in [4.69, 9.17) is 14.2 Å². The molecular formula is C27H22O10S2. The van der Waals surface area contributed by atoms with E-state index >= 15 is 0 Å². The highest BCUT2D eigenvalue weighted by molar-refractivity contribution is 7.86. The quantitative estimate of drug-likeness (QED) is 0.200. The normalized spacial score (nSPS) is 11.6. The molecule has 0 bridgehead atoms. The van der Waals surface area contributed by atoms with E-state index in [-0.39, 0.29) is 28.2 Å². The van der Waals surface area contributed by atoms with Crippen LogP contribution in [0.1, 0.15) is 21.5 Å². The van der Waals surface area contributed by atoms with Crippen molar-refractivity contribution in [3.05, 3.63) is 102 Å². The van der Waals surface area contributed by atoms with Crippen LogP contribution in [0.3, 0.4) is 0 Å². The van der Waals surface area contributed by atoms with Gasteiger partial charge in [-0.3, -0.25) is 13.9 Å². The van der Waals surface area contributed by atoms with Crippen molar-refractivity contribution >= 4 is 26.0 Å². The molecule has 4 aromatic rings. The SMILES string of the molecule is COc1ccc(Oc2ccc(Oc3ccc(C(=O)c4ccc(C)c(S(=O)(=O)O)c4)cc3S(=O)(=O)O)cc2)cc1. The van der Waals surface area contributed by atoms with E-state index in [2.05, 4.69) is 0 Å². The fourth-order valence-corrected chi connectivity index (χ4v) is 4.99. The van der Waals surface area contributed by atoms with Crippen molar-refractivity contribution < 1.29 is 44.9 Å². The van der Waals surface area contributed by atoms with Crippen LogP contribution in [0, 0.1) is 6.92 Å². The number of benzene rings is 4.